The summed E-state index contributed by atoms with van der Waals surface area (Å²) >= 11 is 0. The van der Waals surface area contributed by atoms with Gasteiger partial charge in [-0.15, -0.1) is 0 Å². The molecular weight excluding hydrogens is 248 g/mol. The molecule has 0 aromatic heterocycles. The van der Waals surface area contributed by atoms with Gasteiger partial charge in [0.2, 0.25) is 0 Å². The number of esters is 1. The topological polar surface area (TPSA) is 26.3 Å². The highest BCUT2D eigenvalue weighted by Crippen LogP contribution is 2.15. The Morgan fingerprint density at radius 2 is 1.65 bits per heavy atom. The van der Waals surface area contributed by atoms with Crippen LogP contribution in [0.5, 0.6) is 5.75 Å². The molecular formula is C18H18O2. The molecule has 0 N–H and O–H groups in total. The van der Waals surface area contributed by atoms with E-state index in [1.165, 1.54) is 11.6 Å². The van der Waals surface area contributed by atoms with E-state index in [-0.39, 0.29) is 5.97 Å². The number of carbonyl (C=O) groups is 1. The molecule has 2 rings (SSSR count). The van der Waals surface area contributed by atoms with E-state index in [0.29, 0.717) is 11.7 Å². The van der Waals surface area contributed by atoms with E-state index >= 15 is 0 Å². The molecule has 0 saturated carbocycles. The molecule has 2 nitrogen and oxygen atoms in total. The zero-order valence-electron chi connectivity index (χ0n) is 11.7. The van der Waals surface area contributed by atoms with Gasteiger partial charge in [0, 0.05) is 6.08 Å². The largest absolute Gasteiger partial charge is 0.423 e. The monoisotopic (exact) mass is 266 g/mol. The summed E-state index contributed by atoms with van der Waals surface area (Å²) in [4.78, 5) is 11.7. The van der Waals surface area contributed by atoms with Crippen LogP contribution in [0, 0.1) is 0 Å². The van der Waals surface area contributed by atoms with Crippen molar-refractivity contribution in [2.45, 2.75) is 19.8 Å². The summed E-state index contributed by atoms with van der Waals surface area (Å²) in [5.74, 6) is 0.692. The molecule has 0 aliphatic heterocycles. The van der Waals surface area contributed by atoms with Gasteiger partial charge in [-0.2, -0.15) is 0 Å². The number of carbonyl (C=O) groups excluding carboxylic acids is 1. The fraction of sp³-hybridized carbons (Fsp3) is 0.167. The first-order valence-corrected chi connectivity index (χ1v) is 6.70. The van der Waals surface area contributed by atoms with Gasteiger partial charge in [0.05, 0.1) is 0 Å². The second kappa shape index (κ2) is 6.71. The summed E-state index contributed by atoms with van der Waals surface area (Å²) in [5, 5.41) is 0. The standard InChI is InChI=1S/C18H18O2/c1-14(2)16-11-8-15(9-12-16)10-13-18(19)20-17-6-4-3-5-7-17/h3-14H,1-2H3/b13-10+. The highest BCUT2D eigenvalue weighted by atomic mass is 16.5. The predicted octanol–water partition coefficient (Wildman–Crippen LogP) is 4.43. The molecule has 0 radical (unpaired) electrons. The Kier molecular flexibility index (Phi) is 4.72. The van der Waals surface area contributed by atoms with Crippen LogP contribution in [0.2, 0.25) is 0 Å². The van der Waals surface area contributed by atoms with Gasteiger partial charge in [-0.3, -0.25) is 0 Å². The Labute approximate surface area is 119 Å². The molecule has 102 valence electrons. The van der Waals surface area contributed by atoms with Crippen LogP contribution in [0.15, 0.2) is 60.7 Å². The lowest BCUT2D eigenvalue weighted by atomic mass is 10.0. The van der Waals surface area contributed by atoms with Crippen LogP contribution >= 0.6 is 0 Å². The van der Waals surface area contributed by atoms with Crippen molar-refractivity contribution in [2.24, 2.45) is 0 Å². The smallest absolute Gasteiger partial charge is 0.336 e. The Balaban J connectivity index is 1.97. The predicted molar refractivity (Wildman–Crippen MR) is 81.6 cm³/mol. The average Bonchev–Trinajstić information content (AvgIpc) is 2.46. The van der Waals surface area contributed by atoms with E-state index < -0.39 is 0 Å². The third kappa shape index (κ3) is 4.09. The van der Waals surface area contributed by atoms with Crippen LogP contribution in [0.4, 0.5) is 0 Å². The van der Waals surface area contributed by atoms with Gasteiger partial charge >= 0.3 is 5.97 Å². The summed E-state index contributed by atoms with van der Waals surface area (Å²) in [7, 11) is 0. The molecule has 0 atom stereocenters. The zero-order chi connectivity index (χ0) is 14.4. The van der Waals surface area contributed by atoms with Crippen molar-refractivity contribution in [3.63, 3.8) is 0 Å². The first-order valence-electron chi connectivity index (χ1n) is 6.70. The number of ether oxygens (including phenoxy) is 1. The Morgan fingerprint density at radius 1 is 1.00 bits per heavy atom. The lowest BCUT2D eigenvalue weighted by Gasteiger charge is -2.04. The number of para-hydroxylation sites is 1. The molecule has 0 amide bonds. The molecule has 2 aromatic rings. The van der Waals surface area contributed by atoms with Crippen LogP contribution in [0.25, 0.3) is 6.08 Å². The maximum atomic E-state index is 11.7. The van der Waals surface area contributed by atoms with Gasteiger partial charge in [-0.05, 0) is 35.3 Å². The van der Waals surface area contributed by atoms with E-state index in [1.807, 2.05) is 30.3 Å². The van der Waals surface area contributed by atoms with E-state index in [9.17, 15) is 4.79 Å². The first kappa shape index (κ1) is 14.1. The van der Waals surface area contributed by atoms with Gasteiger partial charge < -0.3 is 4.74 Å². The summed E-state index contributed by atoms with van der Waals surface area (Å²) in [6.45, 7) is 4.31. The number of rotatable bonds is 4. The average molecular weight is 266 g/mol. The maximum Gasteiger partial charge on any atom is 0.336 e. The quantitative estimate of drug-likeness (QED) is 0.465. The molecule has 20 heavy (non-hydrogen) atoms. The molecule has 0 aliphatic rings. The van der Waals surface area contributed by atoms with E-state index in [4.69, 9.17) is 4.74 Å². The van der Waals surface area contributed by atoms with Crippen molar-refractivity contribution in [3.05, 3.63) is 71.8 Å². The Bertz CT molecular complexity index is 581. The molecule has 0 heterocycles. The molecule has 0 spiro atoms. The molecule has 0 saturated heterocycles. The van der Waals surface area contributed by atoms with Gasteiger partial charge in [0.25, 0.3) is 0 Å². The van der Waals surface area contributed by atoms with Gasteiger partial charge in [0.1, 0.15) is 5.75 Å². The molecule has 0 fully saturated rings. The fourth-order valence-electron chi connectivity index (χ4n) is 1.80. The summed E-state index contributed by atoms with van der Waals surface area (Å²) < 4.78 is 5.17. The highest BCUT2D eigenvalue weighted by molar-refractivity contribution is 5.88. The minimum Gasteiger partial charge on any atom is -0.423 e. The van der Waals surface area contributed by atoms with Crippen molar-refractivity contribution in [3.8, 4) is 5.75 Å². The van der Waals surface area contributed by atoms with Crippen LogP contribution < -0.4 is 4.74 Å². The third-order valence-corrected chi connectivity index (χ3v) is 2.98. The van der Waals surface area contributed by atoms with Crippen LogP contribution in [0.3, 0.4) is 0 Å². The Hall–Kier alpha value is -2.35. The zero-order valence-corrected chi connectivity index (χ0v) is 11.7. The molecule has 2 aromatic carbocycles. The maximum absolute atomic E-state index is 11.7. The number of hydrogen-bond acceptors (Lipinski definition) is 2. The molecule has 0 bridgehead atoms. The molecule has 0 aliphatic carbocycles. The third-order valence-electron chi connectivity index (χ3n) is 2.98. The normalized spacial score (nSPS) is 10.9. The fourth-order valence-corrected chi connectivity index (χ4v) is 1.80. The van der Waals surface area contributed by atoms with E-state index in [0.717, 1.165) is 5.56 Å². The van der Waals surface area contributed by atoms with Gasteiger partial charge in [-0.25, -0.2) is 4.79 Å². The van der Waals surface area contributed by atoms with Gasteiger partial charge in [0.15, 0.2) is 0 Å². The summed E-state index contributed by atoms with van der Waals surface area (Å²) in [6.07, 6.45) is 3.20. The van der Waals surface area contributed by atoms with Gasteiger partial charge in [-0.1, -0.05) is 56.3 Å². The highest BCUT2D eigenvalue weighted by Gasteiger charge is 2.00. The minimum absolute atomic E-state index is 0.371. The summed E-state index contributed by atoms with van der Waals surface area (Å²) in [6, 6.07) is 17.2. The second-order valence-electron chi connectivity index (χ2n) is 4.89. The van der Waals surface area contributed by atoms with Crippen molar-refractivity contribution >= 4 is 12.0 Å². The minimum atomic E-state index is -0.371. The van der Waals surface area contributed by atoms with Crippen molar-refractivity contribution in [1.29, 1.82) is 0 Å². The SMILES string of the molecule is CC(C)c1ccc(/C=C/C(=O)Oc2ccccc2)cc1. The number of hydrogen-bond donors (Lipinski definition) is 0. The second-order valence-corrected chi connectivity index (χ2v) is 4.89. The van der Waals surface area contributed by atoms with E-state index in [2.05, 4.69) is 26.0 Å². The Morgan fingerprint density at radius 3 is 2.25 bits per heavy atom. The number of benzene rings is 2. The van der Waals surface area contributed by atoms with Crippen LogP contribution in [-0.4, -0.2) is 5.97 Å². The van der Waals surface area contributed by atoms with E-state index in [1.54, 1.807) is 18.2 Å². The van der Waals surface area contributed by atoms with Crippen molar-refractivity contribution < 1.29 is 9.53 Å². The summed E-state index contributed by atoms with van der Waals surface area (Å²) in [5.41, 5.74) is 2.27. The van der Waals surface area contributed by atoms with Crippen LogP contribution in [0.1, 0.15) is 30.9 Å². The molecule has 0 unspecified atom stereocenters. The van der Waals surface area contributed by atoms with Crippen LogP contribution in [-0.2, 0) is 4.79 Å². The van der Waals surface area contributed by atoms with Crippen molar-refractivity contribution in [2.75, 3.05) is 0 Å². The molecule has 2 heteroatoms. The lowest BCUT2D eigenvalue weighted by Crippen LogP contribution is -2.03. The van der Waals surface area contributed by atoms with Crippen molar-refractivity contribution in [1.82, 2.24) is 0 Å². The lowest BCUT2D eigenvalue weighted by molar-refractivity contribution is -0.128. The first-order chi connectivity index (χ1) is 9.65.